The molecule has 3 rings (SSSR count). The minimum atomic E-state index is -0.313. The molecule has 0 fully saturated rings. The molecule has 2 amide bonds. The molecule has 152 valence electrons. The van der Waals surface area contributed by atoms with Crippen molar-refractivity contribution in [2.45, 2.75) is 20.3 Å². The quantitative estimate of drug-likeness (QED) is 0.579. The van der Waals surface area contributed by atoms with Gasteiger partial charge < -0.3 is 10.6 Å². The van der Waals surface area contributed by atoms with E-state index in [0.29, 0.717) is 12.1 Å². The molecule has 0 radical (unpaired) electrons. The van der Waals surface area contributed by atoms with Crippen LogP contribution in [0.25, 0.3) is 6.08 Å². The molecule has 0 atom stereocenters. The summed E-state index contributed by atoms with van der Waals surface area (Å²) in [6.07, 6.45) is 2.42. The zero-order valence-electron chi connectivity index (χ0n) is 17.3. The molecule has 0 aliphatic carbocycles. The van der Waals surface area contributed by atoms with Crippen molar-refractivity contribution < 1.29 is 9.59 Å². The monoisotopic (exact) mass is 398 g/mol. The van der Waals surface area contributed by atoms with Crippen LogP contribution in [0.1, 0.15) is 32.6 Å². The van der Waals surface area contributed by atoms with Crippen LogP contribution in [0.15, 0.2) is 84.6 Å². The number of hydrogen-bond acceptors (Lipinski definition) is 2. The van der Waals surface area contributed by atoms with E-state index in [0.717, 1.165) is 28.7 Å². The van der Waals surface area contributed by atoms with Crippen LogP contribution in [-0.4, -0.2) is 18.4 Å². The molecule has 2 N–H and O–H groups in total. The Morgan fingerprint density at radius 3 is 2.03 bits per heavy atom. The van der Waals surface area contributed by atoms with Crippen LogP contribution in [-0.2, 0) is 11.2 Å². The Balaban J connectivity index is 1.74. The van der Waals surface area contributed by atoms with Gasteiger partial charge in [-0.15, -0.1) is 0 Å². The Morgan fingerprint density at radius 1 is 0.800 bits per heavy atom. The number of carbonyl (C=O) groups excluding carboxylic acids is 2. The van der Waals surface area contributed by atoms with Gasteiger partial charge in [0, 0.05) is 12.1 Å². The first-order valence-corrected chi connectivity index (χ1v) is 10.00. The van der Waals surface area contributed by atoms with Gasteiger partial charge in [0.25, 0.3) is 11.8 Å². The molecule has 0 aliphatic rings. The van der Waals surface area contributed by atoms with Crippen LogP contribution in [0.2, 0.25) is 0 Å². The van der Waals surface area contributed by atoms with Crippen LogP contribution in [0.5, 0.6) is 0 Å². The van der Waals surface area contributed by atoms with Crippen molar-refractivity contribution >= 4 is 17.9 Å². The molecule has 4 nitrogen and oxygen atoms in total. The first-order chi connectivity index (χ1) is 14.5. The van der Waals surface area contributed by atoms with Crippen LogP contribution < -0.4 is 10.6 Å². The van der Waals surface area contributed by atoms with Crippen molar-refractivity contribution in [2.24, 2.45) is 0 Å². The lowest BCUT2D eigenvalue weighted by molar-refractivity contribution is -0.117. The molecule has 0 saturated heterocycles. The van der Waals surface area contributed by atoms with E-state index in [-0.39, 0.29) is 17.5 Å². The number of benzene rings is 3. The maximum atomic E-state index is 12.8. The first kappa shape index (κ1) is 21.1. The van der Waals surface area contributed by atoms with Crippen LogP contribution in [0, 0.1) is 13.8 Å². The van der Waals surface area contributed by atoms with Crippen molar-refractivity contribution in [3.63, 3.8) is 0 Å². The molecule has 0 saturated carbocycles. The van der Waals surface area contributed by atoms with Gasteiger partial charge in [-0.25, -0.2) is 0 Å². The summed E-state index contributed by atoms with van der Waals surface area (Å²) in [5.74, 6) is -0.626. The van der Waals surface area contributed by atoms with Crippen molar-refractivity contribution in [3.05, 3.63) is 112 Å². The van der Waals surface area contributed by atoms with E-state index in [2.05, 4.69) is 10.6 Å². The van der Waals surface area contributed by atoms with Gasteiger partial charge in [0.05, 0.1) is 0 Å². The average Bonchev–Trinajstić information content (AvgIpc) is 2.76. The highest BCUT2D eigenvalue weighted by Crippen LogP contribution is 2.10. The van der Waals surface area contributed by atoms with Crippen molar-refractivity contribution in [1.29, 1.82) is 0 Å². The van der Waals surface area contributed by atoms with E-state index in [1.165, 1.54) is 0 Å². The molecule has 0 spiro atoms. The summed E-state index contributed by atoms with van der Waals surface area (Å²) in [6.45, 7) is 4.45. The second-order valence-corrected chi connectivity index (χ2v) is 7.28. The fourth-order valence-corrected chi connectivity index (χ4v) is 2.95. The van der Waals surface area contributed by atoms with Crippen LogP contribution in [0.3, 0.4) is 0 Å². The standard InChI is InChI=1S/C26H26N2O2/c1-19-8-12-22(13-9-19)18-24(28-25(29)23-14-10-20(2)11-15-23)26(30)27-17-16-21-6-4-3-5-7-21/h3-15,18H,16-17H2,1-2H3,(H,27,30)(H,28,29). The maximum Gasteiger partial charge on any atom is 0.267 e. The van der Waals surface area contributed by atoms with Crippen molar-refractivity contribution in [2.75, 3.05) is 6.54 Å². The molecule has 3 aromatic carbocycles. The Morgan fingerprint density at radius 2 is 1.40 bits per heavy atom. The molecule has 0 unspecified atom stereocenters. The van der Waals surface area contributed by atoms with Crippen molar-refractivity contribution in [1.82, 2.24) is 10.6 Å². The predicted octanol–water partition coefficient (Wildman–Crippen LogP) is 4.43. The largest absolute Gasteiger partial charge is 0.350 e. The zero-order valence-corrected chi connectivity index (χ0v) is 17.3. The molecular weight excluding hydrogens is 372 g/mol. The van der Waals surface area contributed by atoms with Gasteiger partial charge >= 0.3 is 0 Å². The third kappa shape index (κ3) is 6.17. The lowest BCUT2D eigenvalue weighted by Crippen LogP contribution is -2.35. The van der Waals surface area contributed by atoms with Crippen molar-refractivity contribution in [3.8, 4) is 0 Å². The molecular formula is C26H26N2O2. The van der Waals surface area contributed by atoms with Gasteiger partial charge in [-0.1, -0.05) is 77.9 Å². The third-order valence-corrected chi connectivity index (χ3v) is 4.74. The first-order valence-electron chi connectivity index (χ1n) is 10.00. The summed E-state index contributed by atoms with van der Waals surface area (Å²) < 4.78 is 0. The number of carbonyl (C=O) groups is 2. The van der Waals surface area contributed by atoms with E-state index in [1.807, 2.05) is 80.6 Å². The normalized spacial score (nSPS) is 11.1. The Kier molecular flexibility index (Phi) is 7.17. The van der Waals surface area contributed by atoms with Gasteiger partial charge in [-0.3, -0.25) is 9.59 Å². The molecule has 0 heterocycles. The van der Waals surface area contributed by atoms with Gasteiger partial charge in [-0.2, -0.15) is 0 Å². The van der Waals surface area contributed by atoms with Crippen LogP contribution in [0.4, 0.5) is 0 Å². The minimum absolute atomic E-state index is 0.220. The van der Waals surface area contributed by atoms with E-state index in [4.69, 9.17) is 0 Å². The van der Waals surface area contributed by atoms with E-state index >= 15 is 0 Å². The summed E-state index contributed by atoms with van der Waals surface area (Å²) in [4.78, 5) is 25.5. The molecule has 0 aliphatic heterocycles. The predicted molar refractivity (Wildman–Crippen MR) is 121 cm³/mol. The smallest absolute Gasteiger partial charge is 0.267 e. The zero-order chi connectivity index (χ0) is 21.3. The highest BCUT2D eigenvalue weighted by Gasteiger charge is 2.14. The number of aryl methyl sites for hydroxylation is 2. The fourth-order valence-electron chi connectivity index (χ4n) is 2.95. The van der Waals surface area contributed by atoms with Crippen LogP contribution >= 0.6 is 0 Å². The molecule has 4 heteroatoms. The lowest BCUT2D eigenvalue weighted by atomic mass is 10.1. The topological polar surface area (TPSA) is 58.2 Å². The number of nitrogens with one attached hydrogen (secondary N) is 2. The van der Waals surface area contributed by atoms with Gasteiger partial charge in [0.15, 0.2) is 0 Å². The number of rotatable bonds is 7. The summed E-state index contributed by atoms with van der Waals surface area (Å²) in [5, 5.41) is 5.68. The van der Waals surface area contributed by atoms with Gasteiger partial charge in [0.1, 0.15) is 5.70 Å². The molecule has 0 bridgehead atoms. The summed E-state index contributed by atoms with van der Waals surface area (Å²) >= 11 is 0. The Bertz CT molecular complexity index is 1020. The second-order valence-electron chi connectivity index (χ2n) is 7.28. The number of hydrogen-bond donors (Lipinski definition) is 2. The summed E-state index contributed by atoms with van der Waals surface area (Å²) in [7, 11) is 0. The molecule has 30 heavy (non-hydrogen) atoms. The Labute approximate surface area is 177 Å². The third-order valence-electron chi connectivity index (χ3n) is 4.74. The summed E-state index contributed by atoms with van der Waals surface area (Å²) in [5.41, 5.74) is 4.92. The van der Waals surface area contributed by atoms with E-state index < -0.39 is 0 Å². The highest BCUT2D eigenvalue weighted by molar-refractivity contribution is 6.05. The lowest BCUT2D eigenvalue weighted by Gasteiger charge is -2.12. The molecule has 0 aromatic heterocycles. The second kappa shape index (κ2) is 10.2. The summed E-state index contributed by atoms with van der Waals surface area (Å²) in [6, 6.07) is 25.0. The fraction of sp³-hybridized carbons (Fsp3) is 0.154. The Hall–Kier alpha value is -3.66. The van der Waals surface area contributed by atoms with Gasteiger partial charge in [0.2, 0.25) is 0 Å². The van der Waals surface area contributed by atoms with Gasteiger partial charge in [-0.05, 0) is 49.6 Å². The molecule has 3 aromatic rings. The minimum Gasteiger partial charge on any atom is -0.350 e. The van der Waals surface area contributed by atoms with E-state index in [9.17, 15) is 9.59 Å². The SMILES string of the molecule is Cc1ccc(C=C(NC(=O)c2ccc(C)cc2)C(=O)NCCc2ccccc2)cc1. The number of amides is 2. The average molecular weight is 399 g/mol. The highest BCUT2D eigenvalue weighted by atomic mass is 16.2. The maximum absolute atomic E-state index is 12.8. The van der Waals surface area contributed by atoms with E-state index in [1.54, 1.807) is 18.2 Å².